The number of fused-ring (bicyclic) bond motifs is 7. The number of aryl methyl sites for hydroxylation is 1. The van der Waals surface area contributed by atoms with E-state index in [1.807, 2.05) is 6.07 Å². The number of benzene rings is 4. The highest BCUT2D eigenvalue weighted by Gasteiger charge is 2.11. The lowest BCUT2D eigenvalue weighted by atomic mass is 9.97. The molecule has 1 heterocycles. The maximum absolute atomic E-state index is 6.28. The Kier molecular flexibility index (Phi) is 9.75. The van der Waals surface area contributed by atoms with Crippen LogP contribution in [-0.2, 0) is 6.42 Å². The smallest absolute Gasteiger partial charge is 0.143 e. The Hall–Kier alpha value is -2.80. The van der Waals surface area contributed by atoms with E-state index in [1.54, 1.807) is 0 Å². The first-order valence-electron chi connectivity index (χ1n) is 15.6. The van der Waals surface area contributed by atoms with Gasteiger partial charge in [-0.3, -0.25) is 0 Å². The van der Waals surface area contributed by atoms with E-state index in [9.17, 15) is 0 Å². The molecule has 0 unspecified atom stereocenters. The first-order chi connectivity index (χ1) is 18.8. The molecule has 200 valence electrons. The van der Waals surface area contributed by atoms with Gasteiger partial charge in [-0.05, 0) is 52.8 Å². The highest BCUT2D eigenvalue weighted by atomic mass is 16.3. The van der Waals surface area contributed by atoms with Crippen LogP contribution in [0.15, 0.2) is 71.1 Å². The van der Waals surface area contributed by atoms with Crippen LogP contribution >= 0.6 is 0 Å². The predicted molar refractivity (Wildman–Crippen MR) is 167 cm³/mol. The van der Waals surface area contributed by atoms with Crippen LogP contribution in [0, 0.1) is 0 Å². The summed E-state index contributed by atoms with van der Waals surface area (Å²) < 4.78 is 6.28. The van der Waals surface area contributed by atoms with Crippen LogP contribution in [0.25, 0.3) is 43.5 Å². The summed E-state index contributed by atoms with van der Waals surface area (Å²) >= 11 is 0. The fourth-order valence-corrected chi connectivity index (χ4v) is 6.23. The van der Waals surface area contributed by atoms with Crippen molar-refractivity contribution >= 4 is 43.5 Å². The van der Waals surface area contributed by atoms with Crippen molar-refractivity contribution in [2.24, 2.45) is 0 Å². The Morgan fingerprint density at radius 3 is 1.74 bits per heavy atom. The van der Waals surface area contributed by atoms with Gasteiger partial charge in [-0.2, -0.15) is 0 Å². The summed E-state index contributed by atoms with van der Waals surface area (Å²) in [4.78, 5) is 0. The molecule has 0 spiro atoms. The molecule has 5 rings (SSSR count). The summed E-state index contributed by atoms with van der Waals surface area (Å²) in [5.41, 5.74) is 3.44. The third-order valence-corrected chi connectivity index (χ3v) is 8.49. The van der Waals surface area contributed by atoms with Crippen molar-refractivity contribution in [3.05, 3.63) is 72.3 Å². The zero-order valence-electron chi connectivity index (χ0n) is 23.6. The van der Waals surface area contributed by atoms with Crippen molar-refractivity contribution < 1.29 is 4.42 Å². The topological polar surface area (TPSA) is 13.1 Å². The van der Waals surface area contributed by atoms with Crippen LogP contribution in [0.2, 0.25) is 0 Å². The molecular formula is C37H46O. The van der Waals surface area contributed by atoms with Crippen molar-refractivity contribution in [3.8, 4) is 0 Å². The average molecular weight is 507 g/mol. The summed E-state index contributed by atoms with van der Waals surface area (Å²) in [6, 6.07) is 24.4. The fraction of sp³-hybridized carbons (Fsp3) is 0.459. The molecule has 1 heteroatoms. The lowest BCUT2D eigenvalue weighted by Crippen LogP contribution is -1.88. The van der Waals surface area contributed by atoms with Gasteiger partial charge in [0.2, 0.25) is 0 Å². The number of hydrogen-bond acceptors (Lipinski definition) is 1. The van der Waals surface area contributed by atoms with E-state index in [4.69, 9.17) is 4.42 Å². The molecule has 1 nitrogen and oxygen atoms in total. The third-order valence-electron chi connectivity index (χ3n) is 8.49. The standard InChI is InChI=1S/C37H46O/c1-2-3-4-5-6-7-8-9-10-11-12-13-14-15-16-19-29-22-24-31-30(28-29)23-25-34-32(31)26-27-35-33-20-17-18-21-36(33)38-37(34)35/h17-18,20-28H,2-16,19H2,1H3. The maximum atomic E-state index is 6.28. The second kappa shape index (κ2) is 13.8. The van der Waals surface area contributed by atoms with Crippen molar-refractivity contribution in [1.29, 1.82) is 0 Å². The van der Waals surface area contributed by atoms with Gasteiger partial charge in [0.15, 0.2) is 0 Å². The molecule has 0 saturated carbocycles. The highest BCUT2D eigenvalue weighted by molar-refractivity contribution is 6.20. The van der Waals surface area contributed by atoms with Crippen molar-refractivity contribution in [2.75, 3.05) is 0 Å². The van der Waals surface area contributed by atoms with Crippen LogP contribution in [0.4, 0.5) is 0 Å². The minimum Gasteiger partial charge on any atom is -0.455 e. The largest absolute Gasteiger partial charge is 0.455 e. The molecule has 0 atom stereocenters. The summed E-state index contributed by atoms with van der Waals surface area (Å²) in [5.74, 6) is 0. The molecule has 5 aromatic rings. The monoisotopic (exact) mass is 506 g/mol. The number of furan rings is 1. The summed E-state index contributed by atoms with van der Waals surface area (Å²) in [6.07, 6.45) is 22.5. The SMILES string of the molecule is CCCCCCCCCCCCCCCCCc1ccc2c(ccc3c2ccc2c4ccccc4oc23)c1. The molecular weight excluding hydrogens is 460 g/mol. The Labute approximate surface area is 229 Å². The van der Waals surface area contributed by atoms with E-state index in [0.29, 0.717) is 0 Å². The molecule has 0 aliphatic carbocycles. The van der Waals surface area contributed by atoms with Gasteiger partial charge in [0, 0.05) is 16.2 Å². The molecule has 0 fully saturated rings. The molecule has 0 aliphatic heterocycles. The minimum atomic E-state index is 0.967. The Morgan fingerprint density at radius 2 is 1.03 bits per heavy atom. The van der Waals surface area contributed by atoms with E-state index in [-0.39, 0.29) is 0 Å². The molecule has 0 amide bonds. The van der Waals surface area contributed by atoms with Gasteiger partial charge in [-0.25, -0.2) is 0 Å². The maximum Gasteiger partial charge on any atom is 0.143 e. The molecule has 0 saturated heterocycles. The molecule has 0 N–H and O–H groups in total. The van der Waals surface area contributed by atoms with Gasteiger partial charge in [0.25, 0.3) is 0 Å². The zero-order chi connectivity index (χ0) is 26.0. The number of rotatable bonds is 16. The lowest BCUT2D eigenvalue weighted by Gasteiger charge is -2.08. The summed E-state index contributed by atoms with van der Waals surface area (Å²) in [6.45, 7) is 2.30. The van der Waals surface area contributed by atoms with Gasteiger partial charge in [-0.15, -0.1) is 0 Å². The molecule has 0 aliphatic rings. The first-order valence-corrected chi connectivity index (χ1v) is 15.6. The Morgan fingerprint density at radius 1 is 0.474 bits per heavy atom. The zero-order valence-corrected chi connectivity index (χ0v) is 23.6. The Bertz CT molecular complexity index is 1440. The molecule has 0 radical (unpaired) electrons. The van der Waals surface area contributed by atoms with E-state index >= 15 is 0 Å². The number of unbranched alkanes of at least 4 members (excludes halogenated alkanes) is 14. The molecule has 4 aromatic carbocycles. The lowest BCUT2D eigenvalue weighted by molar-refractivity contribution is 0.532. The third kappa shape index (κ3) is 6.60. The van der Waals surface area contributed by atoms with Crippen LogP contribution in [0.3, 0.4) is 0 Å². The minimum absolute atomic E-state index is 0.967. The van der Waals surface area contributed by atoms with E-state index in [1.165, 1.54) is 141 Å². The second-order valence-electron chi connectivity index (χ2n) is 11.5. The molecule has 38 heavy (non-hydrogen) atoms. The van der Waals surface area contributed by atoms with Crippen LogP contribution < -0.4 is 0 Å². The average Bonchev–Trinajstić information content (AvgIpc) is 3.34. The van der Waals surface area contributed by atoms with Crippen molar-refractivity contribution in [1.82, 2.24) is 0 Å². The normalized spacial score (nSPS) is 11.9. The van der Waals surface area contributed by atoms with Gasteiger partial charge in [0.1, 0.15) is 11.2 Å². The van der Waals surface area contributed by atoms with E-state index in [0.717, 1.165) is 11.2 Å². The van der Waals surface area contributed by atoms with Crippen LogP contribution in [0.1, 0.15) is 109 Å². The first kappa shape index (κ1) is 26.8. The Balaban J connectivity index is 1.04. The summed E-state index contributed by atoms with van der Waals surface area (Å²) in [5, 5.41) is 7.56. The fourth-order valence-electron chi connectivity index (χ4n) is 6.23. The molecule has 0 bridgehead atoms. The molecule has 1 aromatic heterocycles. The van der Waals surface area contributed by atoms with E-state index in [2.05, 4.69) is 67.6 Å². The van der Waals surface area contributed by atoms with Gasteiger partial charge >= 0.3 is 0 Å². The number of hydrogen-bond donors (Lipinski definition) is 0. The van der Waals surface area contributed by atoms with Gasteiger partial charge < -0.3 is 4.42 Å². The number of para-hydroxylation sites is 1. The quantitative estimate of drug-likeness (QED) is 0.0957. The van der Waals surface area contributed by atoms with Crippen LogP contribution in [0.5, 0.6) is 0 Å². The van der Waals surface area contributed by atoms with Crippen molar-refractivity contribution in [3.63, 3.8) is 0 Å². The summed E-state index contributed by atoms with van der Waals surface area (Å²) in [7, 11) is 0. The van der Waals surface area contributed by atoms with Crippen molar-refractivity contribution in [2.45, 2.75) is 110 Å². The highest BCUT2D eigenvalue weighted by Crippen LogP contribution is 2.36. The van der Waals surface area contributed by atoms with Crippen LogP contribution in [-0.4, -0.2) is 0 Å². The van der Waals surface area contributed by atoms with Gasteiger partial charge in [-0.1, -0.05) is 145 Å². The predicted octanol–water partition coefficient (Wildman–Crippen LogP) is 12.3. The van der Waals surface area contributed by atoms with E-state index < -0.39 is 0 Å². The van der Waals surface area contributed by atoms with Gasteiger partial charge in [0.05, 0.1) is 0 Å². The second-order valence-corrected chi connectivity index (χ2v) is 11.5.